The van der Waals surface area contributed by atoms with Gasteiger partial charge >= 0.3 is 5.69 Å². The highest BCUT2D eigenvalue weighted by Crippen LogP contribution is 2.34. The summed E-state index contributed by atoms with van der Waals surface area (Å²) in [5.74, 6) is 0.584. The van der Waals surface area contributed by atoms with Gasteiger partial charge in [-0.05, 0) is 31.5 Å². The Kier molecular flexibility index (Phi) is 4.34. The van der Waals surface area contributed by atoms with Gasteiger partial charge in [0.05, 0.1) is 4.92 Å². The Morgan fingerprint density at radius 3 is 2.70 bits per heavy atom. The predicted octanol–water partition coefficient (Wildman–Crippen LogP) is 4.29. The number of nitrogens with zero attached hydrogens (tertiary/aromatic N) is 2. The van der Waals surface area contributed by atoms with Crippen molar-refractivity contribution in [1.29, 1.82) is 0 Å². The maximum absolute atomic E-state index is 11.1. The number of nitro benzene ring substituents is 1. The van der Waals surface area contributed by atoms with Gasteiger partial charge in [-0.2, -0.15) is 0 Å². The number of aromatic nitrogens is 1. The zero-order chi connectivity index (χ0) is 14.7. The Hall–Kier alpha value is -1.95. The Balaban J connectivity index is 2.40. The number of nitro groups is 1. The monoisotopic (exact) mass is 336 g/mol. The summed E-state index contributed by atoms with van der Waals surface area (Å²) in [7, 11) is 0. The summed E-state index contributed by atoms with van der Waals surface area (Å²) in [5.41, 5.74) is 2.38. The molecule has 104 valence electrons. The fourth-order valence-electron chi connectivity index (χ4n) is 1.85. The van der Waals surface area contributed by atoms with Crippen LogP contribution in [0.4, 0.5) is 5.69 Å². The molecule has 2 rings (SSSR count). The highest BCUT2D eigenvalue weighted by Gasteiger charge is 2.19. The van der Waals surface area contributed by atoms with Crippen molar-refractivity contribution in [3.05, 3.63) is 57.3 Å². The van der Waals surface area contributed by atoms with Crippen LogP contribution in [0.25, 0.3) is 0 Å². The number of halogens is 1. The number of alkyl halides is 1. The lowest BCUT2D eigenvalue weighted by molar-refractivity contribution is -0.386. The molecule has 0 fully saturated rings. The van der Waals surface area contributed by atoms with E-state index in [0.717, 1.165) is 11.1 Å². The average molecular weight is 337 g/mol. The quantitative estimate of drug-likeness (QED) is 0.474. The molecule has 5 nitrogen and oxygen atoms in total. The topological polar surface area (TPSA) is 65.3 Å². The van der Waals surface area contributed by atoms with Gasteiger partial charge in [-0.3, -0.25) is 10.1 Å². The summed E-state index contributed by atoms with van der Waals surface area (Å²) >= 11 is 3.35. The molecule has 6 heteroatoms. The minimum absolute atomic E-state index is 0.0294. The first-order chi connectivity index (χ1) is 9.52. The average Bonchev–Trinajstić information content (AvgIpc) is 2.40. The molecular weight excluding hydrogens is 324 g/mol. The zero-order valence-corrected chi connectivity index (χ0v) is 12.7. The Morgan fingerprint density at radius 1 is 1.35 bits per heavy atom. The van der Waals surface area contributed by atoms with Gasteiger partial charge in [-0.1, -0.05) is 28.1 Å². The van der Waals surface area contributed by atoms with Crippen LogP contribution in [0.2, 0.25) is 0 Å². The van der Waals surface area contributed by atoms with Crippen LogP contribution in [0.3, 0.4) is 0 Å². The van der Waals surface area contributed by atoms with Gasteiger partial charge < -0.3 is 4.74 Å². The van der Waals surface area contributed by atoms with E-state index in [2.05, 4.69) is 20.9 Å². The van der Waals surface area contributed by atoms with E-state index in [-0.39, 0.29) is 11.4 Å². The fourth-order valence-corrected chi connectivity index (χ4v) is 2.16. The van der Waals surface area contributed by atoms with Crippen LogP contribution in [0.15, 0.2) is 30.5 Å². The SMILES string of the molecule is Cc1cc(CBr)cnc1Oc1cccc(C)c1[N+](=O)[O-]. The first-order valence-electron chi connectivity index (χ1n) is 5.96. The first-order valence-corrected chi connectivity index (χ1v) is 7.08. The molecule has 0 saturated carbocycles. The van der Waals surface area contributed by atoms with E-state index >= 15 is 0 Å². The standard InChI is InChI=1S/C14H13BrN2O3/c1-9-4-3-5-12(13(9)17(18)19)20-14-10(2)6-11(7-15)8-16-14/h3-6,8H,7H2,1-2H3. The van der Waals surface area contributed by atoms with E-state index in [1.54, 1.807) is 31.3 Å². The molecule has 0 unspecified atom stereocenters. The van der Waals surface area contributed by atoms with Crippen LogP contribution in [-0.4, -0.2) is 9.91 Å². The van der Waals surface area contributed by atoms with E-state index in [4.69, 9.17) is 4.74 Å². The lowest BCUT2D eigenvalue weighted by Crippen LogP contribution is -1.98. The lowest BCUT2D eigenvalue weighted by Gasteiger charge is -2.09. The second-order valence-electron chi connectivity index (χ2n) is 4.38. The van der Waals surface area contributed by atoms with Crippen LogP contribution in [0.5, 0.6) is 11.6 Å². The number of hydrogen-bond donors (Lipinski definition) is 0. The highest BCUT2D eigenvalue weighted by atomic mass is 79.9. The van der Waals surface area contributed by atoms with E-state index in [1.807, 2.05) is 13.0 Å². The maximum atomic E-state index is 11.1. The molecular formula is C14H13BrN2O3. The van der Waals surface area contributed by atoms with Crippen molar-refractivity contribution in [2.24, 2.45) is 0 Å². The molecule has 1 aromatic heterocycles. The van der Waals surface area contributed by atoms with Crippen LogP contribution >= 0.6 is 15.9 Å². The van der Waals surface area contributed by atoms with Crippen LogP contribution in [0.1, 0.15) is 16.7 Å². The molecule has 0 aliphatic rings. The van der Waals surface area contributed by atoms with Gasteiger partial charge in [0, 0.05) is 22.7 Å². The molecule has 20 heavy (non-hydrogen) atoms. The highest BCUT2D eigenvalue weighted by molar-refractivity contribution is 9.08. The Morgan fingerprint density at radius 2 is 2.10 bits per heavy atom. The van der Waals surface area contributed by atoms with Crippen LogP contribution < -0.4 is 4.74 Å². The summed E-state index contributed by atoms with van der Waals surface area (Å²) in [6, 6.07) is 6.91. The molecule has 0 amide bonds. The first kappa shape index (κ1) is 14.5. The van der Waals surface area contributed by atoms with Gasteiger partial charge in [0.25, 0.3) is 0 Å². The van der Waals surface area contributed by atoms with Crippen molar-refractivity contribution < 1.29 is 9.66 Å². The van der Waals surface area contributed by atoms with Gasteiger partial charge in [-0.25, -0.2) is 4.98 Å². The van der Waals surface area contributed by atoms with E-state index < -0.39 is 4.92 Å². The maximum Gasteiger partial charge on any atom is 0.314 e. The Bertz CT molecular complexity index is 659. The molecule has 2 aromatic rings. The van der Waals surface area contributed by atoms with Crippen molar-refractivity contribution >= 4 is 21.6 Å². The molecule has 1 heterocycles. The third-order valence-corrected chi connectivity index (χ3v) is 3.48. The van der Waals surface area contributed by atoms with Crippen molar-refractivity contribution in [3.63, 3.8) is 0 Å². The second-order valence-corrected chi connectivity index (χ2v) is 4.94. The minimum atomic E-state index is -0.438. The predicted molar refractivity (Wildman–Crippen MR) is 79.5 cm³/mol. The minimum Gasteiger partial charge on any atom is -0.432 e. The molecule has 0 saturated heterocycles. The number of rotatable bonds is 4. The number of aryl methyl sites for hydroxylation is 2. The fraction of sp³-hybridized carbons (Fsp3) is 0.214. The summed E-state index contributed by atoms with van der Waals surface area (Å²) in [4.78, 5) is 14.9. The molecule has 0 bridgehead atoms. The van der Waals surface area contributed by atoms with Crippen molar-refractivity contribution in [3.8, 4) is 11.6 Å². The van der Waals surface area contributed by atoms with Gasteiger partial charge in [0.1, 0.15) is 0 Å². The molecule has 0 spiro atoms. The van der Waals surface area contributed by atoms with Crippen molar-refractivity contribution in [2.75, 3.05) is 0 Å². The molecule has 0 N–H and O–H groups in total. The lowest BCUT2D eigenvalue weighted by atomic mass is 10.2. The molecule has 0 radical (unpaired) electrons. The third-order valence-electron chi connectivity index (χ3n) is 2.83. The largest absolute Gasteiger partial charge is 0.432 e. The zero-order valence-electron chi connectivity index (χ0n) is 11.1. The second kappa shape index (κ2) is 6.00. The van der Waals surface area contributed by atoms with E-state index in [9.17, 15) is 10.1 Å². The molecule has 0 atom stereocenters. The number of pyridine rings is 1. The molecule has 0 aliphatic carbocycles. The van der Waals surface area contributed by atoms with E-state index in [0.29, 0.717) is 16.8 Å². The summed E-state index contributed by atoms with van der Waals surface area (Å²) in [6.45, 7) is 3.54. The van der Waals surface area contributed by atoms with Gasteiger partial charge in [-0.15, -0.1) is 0 Å². The third kappa shape index (κ3) is 2.96. The smallest absolute Gasteiger partial charge is 0.314 e. The number of ether oxygens (including phenoxy) is 1. The number of para-hydroxylation sites is 1. The van der Waals surface area contributed by atoms with Gasteiger partial charge in [0.15, 0.2) is 0 Å². The van der Waals surface area contributed by atoms with E-state index in [1.165, 1.54) is 0 Å². The number of hydrogen-bond acceptors (Lipinski definition) is 4. The molecule has 1 aromatic carbocycles. The van der Waals surface area contributed by atoms with Gasteiger partial charge in [0.2, 0.25) is 11.6 Å². The van der Waals surface area contributed by atoms with Crippen molar-refractivity contribution in [1.82, 2.24) is 4.98 Å². The van der Waals surface area contributed by atoms with Crippen LogP contribution in [-0.2, 0) is 5.33 Å². The van der Waals surface area contributed by atoms with Crippen molar-refractivity contribution in [2.45, 2.75) is 19.2 Å². The normalized spacial score (nSPS) is 10.3. The summed E-state index contributed by atoms with van der Waals surface area (Å²) in [5, 5.41) is 11.8. The molecule has 0 aliphatic heterocycles. The van der Waals surface area contributed by atoms with Crippen LogP contribution in [0, 0.1) is 24.0 Å². The summed E-state index contributed by atoms with van der Waals surface area (Å²) in [6.07, 6.45) is 1.68. The number of benzene rings is 1. The summed E-state index contributed by atoms with van der Waals surface area (Å²) < 4.78 is 5.61. The Labute approximate surface area is 124 Å².